The van der Waals surface area contributed by atoms with E-state index in [1.165, 1.54) is 0 Å². The van der Waals surface area contributed by atoms with E-state index in [4.69, 9.17) is 9.47 Å². The van der Waals surface area contributed by atoms with E-state index in [0.717, 1.165) is 24.8 Å². The van der Waals surface area contributed by atoms with Crippen LogP contribution in [0.4, 0.5) is 10.5 Å². The summed E-state index contributed by atoms with van der Waals surface area (Å²) in [5.74, 6) is 0.620. The zero-order valence-corrected chi connectivity index (χ0v) is 13.5. The molecule has 0 bridgehead atoms. The Bertz CT molecular complexity index is 607. The number of nitriles is 1. The Morgan fingerprint density at radius 2 is 2.05 bits per heavy atom. The molecule has 5 nitrogen and oxygen atoms in total. The van der Waals surface area contributed by atoms with Gasteiger partial charge in [0, 0.05) is 17.3 Å². The minimum absolute atomic E-state index is 0.449. The van der Waals surface area contributed by atoms with Crippen molar-refractivity contribution in [2.45, 2.75) is 51.0 Å². The van der Waals surface area contributed by atoms with Crippen LogP contribution >= 0.6 is 0 Å². The number of ether oxygens (including phenoxy) is 2. The fourth-order valence-corrected chi connectivity index (χ4v) is 2.56. The highest BCUT2D eigenvalue weighted by Gasteiger charge is 2.41. The van der Waals surface area contributed by atoms with Crippen LogP contribution in [0.3, 0.4) is 0 Å². The van der Waals surface area contributed by atoms with Crippen molar-refractivity contribution in [3.05, 3.63) is 23.8 Å². The molecule has 0 aliphatic heterocycles. The monoisotopic (exact) mass is 302 g/mol. The van der Waals surface area contributed by atoms with E-state index in [1.807, 2.05) is 26.8 Å². The van der Waals surface area contributed by atoms with Crippen LogP contribution in [0.15, 0.2) is 18.2 Å². The van der Waals surface area contributed by atoms with Crippen molar-refractivity contribution < 1.29 is 14.3 Å². The summed E-state index contributed by atoms with van der Waals surface area (Å²) in [5, 5.41) is 12.1. The second-order valence-electron chi connectivity index (χ2n) is 6.59. The summed E-state index contributed by atoms with van der Waals surface area (Å²) in [5.41, 5.74) is 0.474. The van der Waals surface area contributed by atoms with Crippen LogP contribution in [-0.2, 0) is 10.2 Å². The summed E-state index contributed by atoms with van der Waals surface area (Å²) < 4.78 is 10.6. The van der Waals surface area contributed by atoms with E-state index in [-0.39, 0.29) is 0 Å². The Morgan fingerprint density at radius 1 is 1.36 bits per heavy atom. The average Bonchev–Trinajstić information content (AvgIpc) is 2.37. The van der Waals surface area contributed by atoms with Crippen LogP contribution in [0.25, 0.3) is 0 Å². The first-order chi connectivity index (χ1) is 10.3. The minimum atomic E-state index is -0.551. The minimum Gasteiger partial charge on any atom is -0.496 e. The van der Waals surface area contributed by atoms with Gasteiger partial charge in [-0.3, -0.25) is 5.32 Å². The van der Waals surface area contributed by atoms with Gasteiger partial charge in [-0.25, -0.2) is 4.79 Å². The first-order valence-corrected chi connectivity index (χ1v) is 7.39. The van der Waals surface area contributed by atoms with Gasteiger partial charge in [0.25, 0.3) is 0 Å². The number of nitrogens with one attached hydrogen (secondary N) is 1. The number of rotatable bonds is 3. The predicted octanol–water partition coefficient (Wildman–Crippen LogP) is 3.99. The lowest BCUT2D eigenvalue weighted by atomic mass is 9.65. The van der Waals surface area contributed by atoms with Crippen LogP contribution < -0.4 is 10.1 Å². The second-order valence-corrected chi connectivity index (χ2v) is 6.59. The molecule has 5 heteroatoms. The van der Waals surface area contributed by atoms with E-state index < -0.39 is 17.1 Å². The van der Waals surface area contributed by atoms with E-state index in [0.29, 0.717) is 11.4 Å². The third-order valence-corrected chi connectivity index (χ3v) is 3.78. The lowest BCUT2D eigenvalue weighted by Gasteiger charge is -2.36. The molecule has 0 aromatic heterocycles. The molecule has 1 aliphatic rings. The molecule has 0 atom stereocenters. The Kier molecular flexibility index (Phi) is 4.32. The van der Waals surface area contributed by atoms with E-state index >= 15 is 0 Å². The lowest BCUT2D eigenvalue weighted by Crippen LogP contribution is -2.32. The standard InChI is InChI=1S/C17H22N2O3/c1-16(2,3)22-15(20)19-12-6-7-13(14(10-12)21-4)17(11-18)8-5-9-17/h6-7,10H,5,8-9H2,1-4H3,(H,19,20). The number of hydrogen-bond acceptors (Lipinski definition) is 4. The summed E-state index contributed by atoms with van der Waals surface area (Å²) in [6.45, 7) is 5.43. The number of anilines is 1. The van der Waals surface area contributed by atoms with Gasteiger partial charge in [-0.2, -0.15) is 5.26 Å². The first-order valence-electron chi connectivity index (χ1n) is 7.39. The smallest absolute Gasteiger partial charge is 0.412 e. The quantitative estimate of drug-likeness (QED) is 0.916. The van der Waals surface area contributed by atoms with Crippen molar-refractivity contribution in [1.82, 2.24) is 0 Å². The molecule has 1 N–H and O–H groups in total. The van der Waals surface area contributed by atoms with Gasteiger partial charge >= 0.3 is 6.09 Å². The van der Waals surface area contributed by atoms with E-state index in [1.54, 1.807) is 19.2 Å². The molecule has 0 unspecified atom stereocenters. The zero-order valence-electron chi connectivity index (χ0n) is 13.5. The van der Waals surface area contributed by atoms with Crippen LogP contribution in [0.5, 0.6) is 5.75 Å². The SMILES string of the molecule is COc1cc(NC(=O)OC(C)(C)C)ccc1C1(C#N)CCC1. The maximum Gasteiger partial charge on any atom is 0.412 e. The molecule has 0 spiro atoms. The third kappa shape index (κ3) is 3.33. The summed E-state index contributed by atoms with van der Waals surface area (Å²) in [4.78, 5) is 11.8. The summed E-state index contributed by atoms with van der Waals surface area (Å²) >= 11 is 0. The molecule has 0 radical (unpaired) electrons. The molecular formula is C17H22N2O3. The highest BCUT2D eigenvalue weighted by atomic mass is 16.6. The van der Waals surface area contributed by atoms with E-state index in [2.05, 4.69) is 11.4 Å². The van der Waals surface area contributed by atoms with Gasteiger partial charge in [-0.05, 0) is 46.1 Å². The van der Waals surface area contributed by atoms with Gasteiger partial charge in [0.2, 0.25) is 0 Å². The van der Waals surface area contributed by atoms with Gasteiger partial charge in [-0.15, -0.1) is 0 Å². The van der Waals surface area contributed by atoms with Crippen LogP contribution in [0.2, 0.25) is 0 Å². The fraction of sp³-hybridized carbons (Fsp3) is 0.529. The molecule has 1 aromatic carbocycles. The average molecular weight is 302 g/mol. The topological polar surface area (TPSA) is 71.3 Å². The summed E-state index contributed by atoms with van der Waals surface area (Å²) in [7, 11) is 1.57. The Balaban J connectivity index is 2.20. The molecular weight excluding hydrogens is 280 g/mol. The van der Waals surface area contributed by atoms with Crippen molar-refractivity contribution in [3.8, 4) is 11.8 Å². The largest absolute Gasteiger partial charge is 0.496 e. The number of carbonyl (C=O) groups is 1. The fourth-order valence-electron chi connectivity index (χ4n) is 2.56. The normalized spacial score (nSPS) is 16.1. The van der Waals surface area contributed by atoms with Crippen molar-refractivity contribution in [2.24, 2.45) is 0 Å². The Morgan fingerprint density at radius 3 is 2.50 bits per heavy atom. The highest BCUT2D eigenvalue weighted by Crippen LogP contribution is 2.47. The summed E-state index contributed by atoms with van der Waals surface area (Å²) in [6, 6.07) is 7.77. The van der Waals surface area contributed by atoms with Gasteiger partial charge in [0.05, 0.1) is 18.6 Å². The van der Waals surface area contributed by atoms with Crippen molar-refractivity contribution in [3.63, 3.8) is 0 Å². The lowest BCUT2D eigenvalue weighted by molar-refractivity contribution is 0.0636. The van der Waals surface area contributed by atoms with Gasteiger partial charge in [0.15, 0.2) is 0 Å². The molecule has 22 heavy (non-hydrogen) atoms. The van der Waals surface area contributed by atoms with Crippen LogP contribution in [0, 0.1) is 11.3 Å². The highest BCUT2D eigenvalue weighted by molar-refractivity contribution is 5.85. The molecule has 1 aliphatic carbocycles. The van der Waals surface area contributed by atoms with E-state index in [9.17, 15) is 10.1 Å². The summed E-state index contributed by atoms with van der Waals surface area (Å²) in [6.07, 6.45) is 2.23. The maximum atomic E-state index is 11.8. The molecule has 1 amide bonds. The van der Waals surface area contributed by atoms with Crippen LogP contribution in [-0.4, -0.2) is 18.8 Å². The van der Waals surface area contributed by atoms with Crippen LogP contribution in [0.1, 0.15) is 45.6 Å². The second kappa shape index (κ2) is 5.88. The first kappa shape index (κ1) is 16.2. The van der Waals surface area contributed by atoms with Crippen molar-refractivity contribution in [2.75, 3.05) is 12.4 Å². The molecule has 2 rings (SSSR count). The molecule has 1 aromatic rings. The number of methoxy groups -OCH3 is 1. The number of carbonyl (C=O) groups excluding carboxylic acids is 1. The third-order valence-electron chi connectivity index (χ3n) is 3.78. The molecule has 1 saturated carbocycles. The number of benzene rings is 1. The Labute approximate surface area is 131 Å². The predicted molar refractivity (Wildman–Crippen MR) is 84.0 cm³/mol. The molecule has 1 fully saturated rings. The van der Waals surface area contributed by atoms with Gasteiger partial charge < -0.3 is 9.47 Å². The number of nitrogens with zero attached hydrogens (tertiary/aromatic N) is 1. The maximum absolute atomic E-state index is 11.8. The Hall–Kier alpha value is -2.22. The molecule has 0 heterocycles. The van der Waals surface area contributed by atoms with Crippen molar-refractivity contribution in [1.29, 1.82) is 5.26 Å². The van der Waals surface area contributed by atoms with Gasteiger partial charge in [0.1, 0.15) is 11.4 Å². The molecule has 0 saturated heterocycles. The molecule has 118 valence electrons. The van der Waals surface area contributed by atoms with Gasteiger partial charge in [-0.1, -0.05) is 6.07 Å². The van der Waals surface area contributed by atoms with Crippen molar-refractivity contribution >= 4 is 11.8 Å². The zero-order chi connectivity index (χ0) is 16.4. The number of hydrogen-bond donors (Lipinski definition) is 1. The number of amides is 1.